The van der Waals surface area contributed by atoms with Crippen molar-refractivity contribution in [2.45, 2.75) is 13.3 Å². The van der Waals surface area contributed by atoms with E-state index in [0.717, 1.165) is 6.42 Å². The van der Waals surface area contributed by atoms with Gasteiger partial charge in [-0.15, -0.1) is 0 Å². The van der Waals surface area contributed by atoms with E-state index in [9.17, 15) is 4.79 Å². The molecular formula is C11H19O4Yb-. The zero-order chi connectivity index (χ0) is 11.5. The smallest absolute Gasteiger partial charge is 0.333 e. The van der Waals surface area contributed by atoms with Crippen LogP contribution in [0.15, 0.2) is 12.2 Å². The molecule has 0 aromatic rings. The molecule has 0 aliphatic carbocycles. The van der Waals surface area contributed by atoms with Gasteiger partial charge < -0.3 is 21.1 Å². The molecule has 5 heteroatoms. The minimum Gasteiger partial charge on any atom is -0.460 e. The fourth-order valence-electron chi connectivity index (χ4n) is 0.741. The van der Waals surface area contributed by atoms with E-state index in [4.69, 9.17) is 14.2 Å². The number of hydrogen-bond donors (Lipinski definition) is 0. The van der Waals surface area contributed by atoms with E-state index in [0.29, 0.717) is 32.0 Å². The third-order valence-corrected chi connectivity index (χ3v) is 1.47. The average molecular weight is 388 g/mol. The molecule has 0 N–H and O–H groups in total. The number of carbonyl (C=O) groups excluding carboxylic acids is 1. The van der Waals surface area contributed by atoms with Crippen LogP contribution in [0.1, 0.15) is 13.3 Å². The SMILES string of the molecule is C=C(C)C(=O)OCCOCCOCC[CH2-].[Yb]. The van der Waals surface area contributed by atoms with E-state index in [-0.39, 0.29) is 59.5 Å². The second-order valence-corrected chi connectivity index (χ2v) is 2.99. The van der Waals surface area contributed by atoms with Gasteiger partial charge in [0.1, 0.15) is 6.61 Å². The van der Waals surface area contributed by atoms with Crippen molar-refractivity contribution in [3.05, 3.63) is 19.1 Å². The molecule has 0 atom stereocenters. The Hall–Kier alpha value is 0.649. The molecule has 0 rings (SSSR count). The molecule has 0 aliphatic rings. The van der Waals surface area contributed by atoms with Crippen molar-refractivity contribution in [2.24, 2.45) is 0 Å². The molecule has 0 unspecified atom stereocenters. The van der Waals surface area contributed by atoms with Crippen LogP contribution in [-0.2, 0) is 19.0 Å². The van der Waals surface area contributed by atoms with Crippen LogP contribution in [0.2, 0.25) is 0 Å². The number of hydrogen-bond acceptors (Lipinski definition) is 4. The molecule has 0 spiro atoms. The van der Waals surface area contributed by atoms with Crippen molar-refractivity contribution < 1.29 is 65.9 Å². The Kier molecular flexibility index (Phi) is 16.3. The summed E-state index contributed by atoms with van der Waals surface area (Å²) in [6.45, 7) is 11.0. The molecule has 0 radical (unpaired) electrons. The van der Waals surface area contributed by atoms with E-state index in [1.54, 1.807) is 6.92 Å². The maximum absolute atomic E-state index is 10.9. The third kappa shape index (κ3) is 12.7. The number of ether oxygens (including phenoxy) is 3. The molecule has 0 saturated carbocycles. The standard InChI is InChI=1S/C11H19O4.Yb/c1-4-5-13-6-7-14-8-9-15-11(12)10(2)3;/h1-2,4-9H2,3H3;/q-1;. The summed E-state index contributed by atoms with van der Waals surface area (Å²) < 4.78 is 15.1. The van der Waals surface area contributed by atoms with Gasteiger partial charge in [0.2, 0.25) is 0 Å². The van der Waals surface area contributed by atoms with Gasteiger partial charge in [-0.2, -0.15) is 6.42 Å². The monoisotopic (exact) mass is 389 g/mol. The summed E-state index contributed by atoms with van der Waals surface area (Å²) in [6.07, 6.45) is 0.760. The molecule has 0 amide bonds. The normalized spacial score (nSPS) is 9.38. The van der Waals surface area contributed by atoms with Crippen LogP contribution in [0.25, 0.3) is 0 Å². The Bertz CT molecular complexity index is 194. The van der Waals surface area contributed by atoms with Crippen LogP contribution in [-0.4, -0.2) is 39.0 Å². The molecule has 0 aromatic carbocycles. The van der Waals surface area contributed by atoms with Gasteiger partial charge in [0.05, 0.1) is 19.8 Å². The molecule has 0 aliphatic heterocycles. The summed E-state index contributed by atoms with van der Waals surface area (Å²) in [4.78, 5) is 10.9. The van der Waals surface area contributed by atoms with Crippen LogP contribution < -0.4 is 0 Å². The molecule has 0 heterocycles. The van der Waals surface area contributed by atoms with E-state index in [1.165, 1.54) is 0 Å². The first kappa shape index (κ1) is 19.0. The Morgan fingerprint density at radius 2 is 1.62 bits per heavy atom. The summed E-state index contributed by atoms with van der Waals surface area (Å²) in [5, 5.41) is 0. The van der Waals surface area contributed by atoms with Gasteiger partial charge in [-0.05, 0) is 6.92 Å². The van der Waals surface area contributed by atoms with Crippen LogP contribution in [0, 0.1) is 53.8 Å². The van der Waals surface area contributed by atoms with Crippen LogP contribution in [0.5, 0.6) is 0 Å². The Balaban J connectivity index is 0. The maximum atomic E-state index is 10.9. The van der Waals surface area contributed by atoms with Gasteiger partial charge in [-0.25, -0.2) is 4.79 Å². The molecule has 0 saturated heterocycles. The predicted molar refractivity (Wildman–Crippen MR) is 57.4 cm³/mol. The van der Waals surface area contributed by atoms with Crippen molar-refractivity contribution in [3.8, 4) is 0 Å². The largest absolute Gasteiger partial charge is 0.460 e. The van der Waals surface area contributed by atoms with Crippen LogP contribution >= 0.6 is 0 Å². The van der Waals surface area contributed by atoms with Crippen molar-refractivity contribution in [1.82, 2.24) is 0 Å². The van der Waals surface area contributed by atoms with Crippen LogP contribution in [0.4, 0.5) is 0 Å². The van der Waals surface area contributed by atoms with Gasteiger partial charge >= 0.3 is 5.97 Å². The molecular weight excluding hydrogens is 369 g/mol. The Labute approximate surface area is 136 Å². The second-order valence-electron chi connectivity index (χ2n) is 2.99. The summed E-state index contributed by atoms with van der Waals surface area (Å²) in [5.41, 5.74) is 0.397. The zero-order valence-electron chi connectivity index (χ0n) is 9.56. The van der Waals surface area contributed by atoms with Gasteiger partial charge in [-0.1, -0.05) is 6.58 Å². The van der Waals surface area contributed by atoms with Crippen molar-refractivity contribution in [3.63, 3.8) is 0 Å². The Morgan fingerprint density at radius 1 is 1.12 bits per heavy atom. The van der Waals surface area contributed by atoms with Gasteiger partial charge in [0.15, 0.2) is 0 Å². The second kappa shape index (κ2) is 13.7. The molecule has 0 aromatic heterocycles. The van der Waals surface area contributed by atoms with Crippen molar-refractivity contribution in [2.75, 3.05) is 33.0 Å². The molecule has 0 bridgehead atoms. The number of rotatable bonds is 9. The van der Waals surface area contributed by atoms with Crippen LogP contribution in [0.3, 0.4) is 0 Å². The van der Waals surface area contributed by atoms with Gasteiger partial charge in [0, 0.05) is 59.1 Å². The maximum Gasteiger partial charge on any atom is 0.333 e. The minimum absolute atomic E-state index is 0. The zero-order valence-corrected chi connectivity index (χ0v) is 11.3. The molecule has 102 valence electrons. The molecule has 4 nitrogen and oxygen atoms in total. The summed E-state index contributed by atoms with van der Waals surface area (Å²) >= 11 is 0. The number of esters is 1. The summed E-state index contributed by atoms with van der Waals surface area (Å²) in [6, 6.07) is 0. The average Bonchev–Trinajstić information content (AvgIpc) is 2.21. The van der Waals surface area contributed by atoms with Gasteiger partial charge in [-0.3, -0.25) is 0 Å². The first-order chi connectivity index (χ1) is 7.18. The minimum atomic E-state index is -0.382. The van der Waals surface area contributed by atoms with E-state index in [2.05, 4.69) is 13.5 Å². The first-order valence-electron chi connectivity index (χ1n) is 4.96. The quantitative estimate of drug-likeness (QED) is 0.259. The summed E-state index contributed by atoms with van der Waals surface area (Å²) in [7, 11) is 0. The van der Waals surface area contributed by atoms with E-state index in [1.807, 2.05) is 0 Å². The fourth-order valence-corrected chi connectivity index (χ4v) is 0.741. The third-order valence-electron chi connectivity index (χ3n) is 1.47. The summed E-state index contributed by atoms with van der Waals surface area (Å²) in [5.74, 6) is -0.382. The molecule has 16 heavy (non-hydrogen) atoms. The fraction of sp³-hybridized carbons (Fsp3) is 0.636. The van der Waals surface area contributed by atoms with E-state index >= 15 is 0 Å². The van der Waals surface area contributed by atoms with Crippen molar-refractivity contribution >= 4 is 5.97 Å². The van der Waals surface area contributed by atoms with E-state index < -0.39 is 0 Å². The Morgan fingerprint density at radius 3 is 2.12 bits per heavy atom. The predicted octanol–water partition coefficient (Wildman–Crippen LogP) is 1.36. The molecule has 0 fully saturated rings. The first-order valence-corrected chi connectivity index (χ1v) is 4.96. The topological polar surface area (TPSA) is 44.8 Å². The number of carbonyl (C=O) groups is 1. The van der Waals surface area contributed by atoms with Crippen molar-refractivity contribution in [1.29, 1.82) is 0 Å². The van der Waals surface area contributed by atoms with Gasteiger partial charge in [0.25, 0.3) is 0 Å².